The van der Waals surface area contributed by atoms with Gasteiger partial charge in [-0.3, -0.25) is 14.5 Å². The van der Waals surface area contributed by atoms with Crippen molar-refractivity contribution in [2.24, 2.45) is 0 Å². The molecule has 0 rings (SSSR count). The van der Waals surface area contributed by atoms with Crippen molar-refractivity contribution in [3.05, 3.63) is 0 Å². The molecule has 9 heteroatoms. The first kappa shape index (κ1) is 20.7. The van der Waals surface area contributed by atoms with Crippen LogP contribution in [0.25, 0.3) is 0 Å². The normalized spacial score (nSPS) is 12.0. The average Bonchev–Trinajstić information content (AvgIpc) is 2.43. The number of nitrogens with zero attached hydrogens (tertiary/aromatic N) is 1. The summed E-state index contributed by atoms with van der Waals surface area (Å²) in [7, 11) is 2.27. The number of esters is 2. The number of carbonyl (C=O) groups excluding carboxylic acids is 3. The molecular formula is C14H23NO8. The van der Waals surface area contributed by atoms with Gasteiger partial charge in [0.2, 0.25) is 0 Å². The second-order valence-electron chi connectivity index (χ2n) is 5.63. The summed E-state index contributed by atoms with van der Waals surface area (Å²) in [5.74, 6) is -2.84. The lowest BCUT2D eigenvalue weighted by Gasteiger charge is -2.30. The van der Waals surface area contributed by atoms with E-state index >= 15 is 0 Å². The summed E-state index contributed by atoms with van der Waals surface area (Å²) >= 11 is 0. The second-order valence-corrected chi connectivity index (χ2v) is 5.63. The molecule has 0 unspecified atom stereocenters. The number of amides is 1. The van der Waals surface area contributed by atoms with Crippen molar-refractivity contribution in [1.82, 2.24) is 4.90 Å². The molecule has 0 aliphatic heterocycles. The standard InChI is InChI=1S/C14H23NO8/c1-14(2,3)23-13(20)15(7-6-10(16)21-4)9(12(18)19)8-11(17)22-5/h9H,6-8H2,1-5H3,(H,18,19)/t9-/m1/s1. The number of methoxy groups -OCH3 is 2. The van der Waals surface area contributed by atoms with E-state index in [1.807, 2.05) is 0 Å². The average molecular weight is 333 g/mol. The van der Waals surface area contributed by atoms with Gasteiger partial charge in [-0.2, -0.15) is 0 Å². The summed E-state index contributed by atoms with van der Waals surface area (Å²) in [4.78, 5) is 47.1. The number of carboxylic acids is 1. The smallest absolute Gasteiger partial charge is 0.411 e. The van der Waals surface area contributed by atoms with Gasteiger partial charge < -0.3 is 19.3 Å². The number of hydrogen-bond acceptors (Lipinski definition) is 7. The molecule has 1 amide bonds. The van der Waals surface area contributed by atoms with Gasteiger partial charge in [0.05, 0.1) is 27.1 Å². The number of aliphatic carboxylic acids is 1. The molecule has 0 aliphatic rings. The Hall–Kier alpha value is -2.32. The van der Waals surface area contributed by atoms with E-state index in [2.05, 4.69) is 9.47 Å². The first-order valence-corrected chi connectivity index (χ1v) is 6.88. The summed E-state index contributed by atoms with van der Waals surface area (Å²) < 4.78 is 14.0. The number of rotatable bonds is 7. The van der Waals surface area contributed by atoms with E-state index in [-0.39, 0.29) is 13.0 Å². The third-order valence-corrected chi connectivity index (χ3v) is 2.66. The third-order valence-electron chi connectivity index (χ3n) is 2.66. The van der Waals surface area contributed by atoms with Crippen molar-refractivity contribution in [3.63, 3.8) is 0 Å². The Morgan fingerprint density at radius 1 is 1.04 bits per heavy atom. The largest absolute Gasteiger partial charge is 0.480 e. The van der Waals surface area contributed by atoms with Crippen LogP contribution in [0.4, 0.5) is 4.79 Å². The van der Waals surface area contributed by atoms with E-state index in [1.54, 1.807) is 20.8 Å². The molecule has 23 heavy (non-hydrogen) atoms. The van der Waals surface area contributed by atoms with E-state index in [0.29, 0.717) is 0 Å². The van der Waals surface area contributed by atoms with Crippen LogP contribution in [-0.4, -0.2) is 66.4 Å². The fraction of sp³-hybridized carbons (Fsp3) is 0.714. The van der Waals surface area contributed by atoms with E-state index in [4.69, 9.17) is 4.74 Å². The fourth-order valence-corrected chi connectivity index (χ4v) is 1.58. The molecule has 0 aromatic heterocycles. The van der Waals surface area contributed by atoms with Crippen molar-refractivity contribution in [2.45, 2.75) is 45.3 Å². The monoisotopic (exact) mass is 333 g/mol. The van der Waals surface area contributed by atoms with Crippen LogP contribution in [0.15, 0.2) is 0 Å². The van der Waals surface area contributed by atoms with Gasteiger partial charge in [-0.25, -0.2) is 9.59 Å². The summed E-state index contributed by atoms with van der Waals surface area (Å²) in [6.07, 6.45) is -1.75. The fourth-order valence-electron chi connectivity index (χ4n) is 1.58. The van der Waals surface area contributed by atoms with Gasteiger partial charge in [0, 0.05) is 6.54 Å². The van der Waals surface area contributed by atoms with Crippen LogP contribution in [0.1, 0.15) is 33.6 Å². The Bertz CT molecular complexity index is 454. The predicted molar refractivity (Wildman–Crippen MR) is 77.6 cm³/mol. The van der Waals surface area contributed by atoms with E-state index in [9.17, 15) is 24.3 Å². The van der Waals surface area contributed by atoms with Crippen molar-refractivity contribution in [2.75, 3.05) is 20.8 Å². The van der Waals surface area contributed by atoms with Gasteiger partial charge in [-0.15, -0.1) is 0 Å². The van der Waals surface area contributed by atoms with Crippen LogP contribution in [-0.2, 0) is 28.6 Å². The molecule has 0 saturated heterocycles. The van der Waals surface area contributed by atoms with Gasteiger partial charge in [0.25, 0.3) is 0 Å². The molecule has 0 saturated carbocycles. The lowest BCUT2D eigenvalue weighted by atomic mass is 10.1. The van der Waals surface area contributed by atoms with E-state index in [0.717, 1.165) is 12.0 Å². The summed E-state index contributed by atoms with van der Waals surface area (Å²) in [6, 6.07) is -1.51. The van der Waals surface area contributed by atoms with Gasteiger partial charge in [0.15, 0.2) is 0 Å². The summed E-state index contributed by atoms with van der Waals surface area (Å²) in [6.45, 7) is 4.56. The first-order chi connectivity index (χ1) is 10.5. The Labute approximate surface area is 134 Å². The summed E-state index contributed by atoms with van der Waals surface area (Å²) in [5.41, 5.74) is -0.866. The van der Waals surface area contributed by atoms with Gasteiger partial charge in [-0.05, 0) is 20.8 Å². The van der Waals surface area contributed by atoms with Crippen LogP contribution < -0.4 is 0 Å². The van der Waals surface area contributed by atoms with E-state index < -0.39 is 42.1 Å². The highest BCUT2D eigenvalue weighted by atomic mass is 16.6. The molecule has 0 radical (unpaired) electrons. The first-order valence-electron chi connectivity index (χ1n) is 6.88. The lowest BCUT2D eigenvalue weighted by molar-refractivity contribution is -0.151. The zero-order valence-electron chi connectivity index (χ0n) is 14.0. The van der Waals surface area contributed by atoms with Crippen molar-refractivity contribution in [1.29, 1.82) is 0 Å². The minimum Gasteiger partial charge on any atom is -0.480 e. The van der Waals surface area contributed by atoms with Crippen molar-refractivity contribution >= 4 is 24.0 Å². The van der Waals surface area contributed by atoms with E-state index in [1.165, 1.54) is 7.11 Å². The Morgan fingerprint density at radius 2 is 1.57 bits per heavy atom. The van der Waals surface area contributed by atoms with Gasteiger partial charge in [-0.1, -0.05) is 0 Å². The SMILES string of the molecule is COC(=O)CCN(C(=O)OC(C)(C)C)[C@H](CC(=O)OC)C(=O)O. The number of ether oxygens (including phenoxy) is 3. The molecule has 0 aromatic rings. The minimum absolute atomic E-state index is 0.235. The highest BCUT2D eigenvalue weighted by Gasteiger charge is 2.35. The Balaban J connectivity index is 5.32. The zero-order chi connectivity index (χ0) is 18.2. The molecule has 0 heterocycles. The van der Waals surface area contributed by atoms with Crippen molar-refractivity contribution < 1.29 is 38.5 Å². The quantitative estimate of drug-likeness (QED) is 0.537. The highest BCUT2D eigenvalue weighted by molar-refractivity contribution is 5.85. The second kappa shape index (κ2) is 8.96. The maximum absolute atomic E-state index is 12.2. The lowest BCUT2D eigenvalue weighted by Crippen LogP contribution is -2.49. The Morgan fingerprint density at radius 3 is 1.96 bits per heavy atom. The molecule has 1 atom stereocenters. The third kappa shape index (κ3) is 8.03. The predicted octanol–water partition coefficient (Wildman–Crippen LogP) is 0.803. The van der Waals surface area contributed by atoms with Crippen molar-refractivity contribution in [3.8, 4) is 0 Å². The zero-order valence-corrected chi connectivity index (χ0v) is 14.0. The van der Waals surface area contributed by atoms with Crippen LogP contribution in [0.5, 0.6) is 0 Å². The van der Waals surface area contributed by atoms with Crippen LogP contribution >= 0.6 is 0 Å². The molecule has 9 nitrogen and oxygen atoms in total. The minimum atomic E-state index is -1.51. The van der Waals surface area contributed by atoms with Gasteiger partial charge >= 0.3 is 24.0 Å². The molecular weight excluding hydrogens is 310 g/mol. The van der Waals surface area contributed by atoms with Gasteiger partial charge in [0.1, 0.15) is 11.6 Å². The van der Waals surface area contributed by atoms with Crippen LogP contribution in [0, 0.1) is 0 Å². The molecule has 1 N–H and O–H groups in total. The maximum Gasteiger partial charge on any atom is 0.411 e. The molecule has 0 aromatic carbocycles. The summed E-state index contributed by atoms with van der Waals surface area (Å²) in [5, 5.41) is 9.28. The molecule has 0 bridgehead atoms. The molecule has 132 valence electrons. The maximum atomic E-state index is 12.2. The molecule has 0 fully saturated rings. The topological polar surface area (TPSA) is 119 Å². The number of carbonyl (C=O) groups is 4. The molecule has 0 spiro atoms. The van der Waals surface area contributed by atoms with Crippen LogP contribution in [0.2, 0.25) is 0 Å². The van der Waals surface area contributed by atoms with Crippen LogP contribution in [0.3, 0.4) is 0 Å². The Kier molecular flexibility index (Phi) is 8.06. The molecule has 0 aliphatic carbocycles. The highest BCUT2D eigenvalue weighted by Crippen LogP contribution is 2.15. The number of hydrogen-bond donors (Lipinski definition) is 1. The number of carboxylic acid groups (broad SMARTS) is 1.